The second-order valence-electron chi connectivity index (χ2n) is 10.5. The molecule has 0 spiro atoms. The molecule has 5 aromatic carbocycles. The summed E-state index contributed by atoms with van der Waals surface area (Å²) >= 11 is 6.32. The molecule has 0 aliphatic carbocycles. The van der Waals surface area contributed by atoms with E-state index in [9.17, 15) is 22.4 Å². The molecule has 0 fully saturated rings. The second kappa shape index (κ2) is 15.4. The van der Waals surface area contributed by atoms with Gasteiger partial charge >= 0.3 is 0 Å². The fraction of sp³-hybridized carbons (Fsp3) is 0.111. The summed E-state index contributed by atoms with van der Waals surface area (Å²) in [5.41, 5.74) is 2.36. The molecule has 0 radical (unpaired) electrons. The van der Waals surface area contributed by atoms with Gasteiger partial charge in [0.1, 0.15) is 17.6 Å². The summed E-state index contributed by atoms with van der Waals surface area (Å²) in [6.45, 7) is -0.140. The van der Waals surface area contributed by atoms with Gasteiger partial charge in [-0.25, -0.2) is 12.8 Å². The van der Waals surface area contributed by atoms with Crippen molar-refractivity contribution >= 4 is 39.1 Å². The minimum Gasteiger partial charge on any atom is -0.484 e. The molecule has 0 aliphatic rings. The van der Waals surface area contributed by atoms with Crippen LogP contribution in [0.4, 0.5) is 10.1 Å². The van der Waals surface area contributed by atoms with Crippen molar-refractivity contribution in [2.24, 2.45) is 0 Å². The highest BCUT2D eigenvalue weighted by Crippen LogP contribution is 2.26. The average Bonchev–Trinajstić information content (AvgIpc) is 3.08. The summed E-state index contributed by atoms with van der Waals surface area (Å²) in [6, 6.07) is 34.9. The summed E-state index contributed by atoms with van der Waals surface area (Å²) in [5, 5.41) is 3.45. The van der Waals surface area contributed by atoms with E-state index in [1.807, 2.05) is 48.5 Å². The van der Waals surface area contributed by atoms with Crippen molar-refractivity contribution in [1.29, 1.82) is 0 Å². The zero-order valence-corrected chi connectivity index (χ0v) is 26.6. The molecule has 0 saturated heterocycles. The summed E-state index contributed by atoms with van der Waals surface area (Å²) in [6.07, 6.45) is 0. The lowest BCUT2D eigenvalue weighted by Gasteiger charge is -2.31. The van der Waals surface area contributed by atoms with Gasteiger partial charge in [0.2, 0.25) is 5.91 Å². The van der Waals surface area contributed by atoms with E-state index >= 15 is 0 Å². The number of rotatable bonds is 13. The number of nitrogens with one attached hydrogen (secondary N) is 2. The van der Waals surface area contributed by atoms with Crippen LogP contribution in [0, 0.1) is 5.82 Å². The third-order valence-corrected chi connectivity index (χ3v) is 8.96. The summed E-state index contributed by atoms with van der Waals surface area (Å²) in [7, 11) is -3.96. The van der Waals surface area contributed by atoms with E-state index in [1.165, 1.54) is 41.3 Å². The van der Waals surface area contributed by atoms with E-state index in [0.717, 1.165) is 23.3 Å². The van der Waals surface area contributed by atoms with Gasteiger partial charge in [0.05, 0.1) is 4.90 Å². The fourth-order valence-corrected chi connectivity index (χ4v) is 6.07. The van der Waals surface area contributed by atoms with Crippen molar-refractivity contribution in [3.05, 3.63) is 161 Å². The molecule has 0 unspecified atom stereocenters. The predicted octanol–water partition coefficient (Wildman–Crippen LogP) is 6.75. The molecule has 1 atom stereocenters. The van der Waals surface area contributed by atoms with Gasteiger partial charge in [-0.1, -0.05) is 90.5 Å². The molecule has 5 rings (SSSR count). The number of carbonyl (C=O) groups excluding carboxylic acids is 2. The van der Waals surface area contributed by atoms with Gasteiger partial charge < -0.3 is 15.0 Å². The van der Waals surface area contributed by atoms with Crippen molar-refractivity contribution in [3.63, 3.8) is 0 Å². The van der Waals surface area contributed by atoms with Crippen LogP contribution in [-0.2, 0) is 32.7 Å². The van der Waals surface area contributed by atoms with E-state index in [1.54, 1.807) is 36.4 Å². The highest BCUT2D eigenvalue weighted by atomic mass is 35.5. The van der Waals surface area contributed by atoms with Gasteiger partial charge in [0, 0.05) is 23.8 Å². The quantitative estimate of drug-likeness (QED) is 0.144. The number of benzene rings is 5. The third-order valence-electron chi connectivity index (χ3n) is 7.20. The first-order valence-corrected chi connectivity index (χ1v) is 16.5. The molecule has 2 amide bonds. The third kappa shape index (κ3) is 8.96. The van der Waals surface area contributed by atoms with Crippen LogP contribution in [-0.4, -0.2) is 31.7 Å². The number of nitrogens with zero attached hydrogens (tertiary/aromatic N) is 1. The molecular weight excluding hydrogens is 641 g/mol. The number of carbonyl (C=O) groups is 2. The molecule has 47 heavy (non-hydrogen) atoms. The van der Waals surface area contributed by atoms with Gasteiger partial charge in [-0.15, -0.1) is 0 Å². The number of ether oxygens (including phenoxy) is 1. The molecule has 0 heterocycles. The van der Waals surface area contributed by atoms with Crippen molar-refractivity contribution in [1.82, 2.24) is 10.2 Å². The largest absolute Gasteiger partial charge is 0.484 e. The Bertz CT molecular complexity index is 1910. The van der Waals surface area contributed by atoms with E-state index in [2.05, 4.69) is 10.0 Å². The first-order chi connectivity index (χ1) is 22.7. The molecule has 8 nitrogen and oxygen atoms in total. The molecule has 0 aliphatic heterocycles. The number of hydrogen-bond donors (Lipinski definition) is 2. The normalized spacial score (nSPS) is 11.7. The van der Waals surface area contributed by atoms with E-state index in [4.69, 9.17) is 16.3 Å². The van der Waals surface area contributed by atoms with E-state index < -0.39 is 40.3 Å². The molecule has 240 valence electrons. The van der Waals surface area contributed by atoms with Crippen LogP contribution in [0.2, 0.25) is 5.02 Å². The molecule has 5 aromatic rings. The summed E-state index contributed by atoms with van der Waals surface area (Å²) < 4.78 is 47.0. The maximum absolute atomic E-state index is 13.9. The van der Waals surface area contributed by atoms with Crippen LogP contribution in [0.5, 0.6) is 5.75 Å². The smallest absolute Gasteiger partial charge is 0.261 e. The van der Waals surface area contributed by atoms with Crippen LogP contribution < -0.4 is 14.8 Å². The Kier molecular flexibility index (Phi) is 10.9. The van der Waals surface area contributed by atoms with Crippen molar-refractivity contribution in [3.8, 4) is 5.75 Å². The van der Waals surface area contributed by atoms with Gasteiger partial charge in [0.25, 0.3) is 15.9 Å². The lowest BCUT2D eigenvalue weighted by molar-refractivity contribution is -0.143. The van der Waals surface area contributed by atoms with Crippen molar-refractivity contribution in [2.75, 3.05) is 11.3 Å². The first kappa shape index (κ1) is 33.2. The number of halogens is 2. The topological polar surface area (TPSA) is 105 Å². The molecular formula is C36H31ClFN3O5S. The Morgan fingerprint density at radius 2 is 1.40 bits per heavy atom. The van der Waals surface area contributed by atoms with Gasteiger partial charge in [-0.05, 0) is 71.3 Å². The molecule has 2 N–H and O–H groups in total. The maximum Gasteiger partial charge on any atom is 0.261 e. The van der Waals surface area contributed by atoms with E-state index in [-0.39, 0.29) is 29.4 Å². The van der Waals surface area contributed by atoms with Gasteiger partial charge in [0.15, 0.2) is 6.61 Å². The lowest BCUT2D eigenvalue weighted by atomic mass is 10.0. The van der Waals surface area contributed by atoms with Crippen LogP contribution >= 0.6 is 11.6 Å². The zero-order chi connectivity index (χ0) is 33.2. The second-order valence-corrected chi connectivity index (χ2v) is 12.6. The molecule has 0 aromatic heterocycles. The lowest BCUT2D eigenvalue weighted by Crippen LogP contribution is -2.45. The highest BCUT2D eigenvalue weighted by molar-refractivity contribution is 7.92. The maximum atomic E-state index is 13.9. The van der Waals surface area contributed by atoms with Crippen LogP contribution in [0.25, 0.3) is 0 Å². The summed E-state index contributed by atoms with van der Waals surface area (Å²) in [4.78, 5) is 29.1. The van der Waals surface area contributed by atoms with Crippen LogP contribution in [0.15, 0.2) is 138 Å². The fourth-order valence-electron chi connectivity index (χ4n) is 4.81. The van der Waals surface area contributed by atoms with Crippen molar-refractivity contribution < 1.29 is 27.1 Å². The van der Waals surface area contributed by atoms with Crippen LogP contribution in [0.3, 0.4) is 0 Å². The Hall–Kier alpha value is -5.19. The van der Waals surface area contributed by atoms with Gasteiger partial charge in [-0.3, -0.25) is 14.3 Å². The molecule has 0 bridgehead atoms. The predicted molar refractivity (Wildman–Crippen MR) is 179 cm³/mol. The van der Waals surface area contributed by atoms with Crippen LogP contribution in [0.1, 0.15) is 22.7 Å². The number of hydrogen-bond acceptors (Lipinski definition) is 5. The Morgan fingerprint density at radius 1 is 0.787 bits per heavy atom. The minimum atomic E-state index is -3.96. The number of anilines is 1. The Labute approximate surface area is 277 Å². The minimum absolute atomic E-state index is 0.0504. The highest BCUT2D eigenvalue weighted by Gasteiger charge is 2.32. The zero-order valence-electron chi connectivity index (χ0n) is 25.1. The monoisotopic (exact) mass is 671 g/mol. The molecule has 0 saturated carbocycles. The number of sulfonamides is 1. The number of amides is 2. The standard InChI is InChI=1S/C36H31ClFN3O5S/c37-33-14-8-7-13-28(33)23-39-36(43)35(27-11-5-2-6-12-27)41(24-26-9-3-1-4-10-26)34(42)25-46-31-19-21-32(22-20-31)47(44,45)40-30-17-15-29(38)16-18-30/h1-22,35,40H,23-25H2,(H,39,43)/t35-/m1/s1. The SMILES string of the molecule is O=C(NCc1ccccc1Cl)[C@@H](c1ccccc1)N(Cc1ccccc1)C(=O)COc1ccc(S(=O)(=O)Nc2ccc(F)cc2)cc1. The average molecular weight is 672 g/mol. The van der Waals surface area contributed by atoms with Crippen molar-refractivity contribution in [2.45, 2.75) is 24.0 Å². The van der Waals surface area contributed by atoms with Gasteiger partial charge in [-0.2, -0.15) is 0 Å². The first-order valence-electron chi connectivity index (χ1n) is 14.6. The Morgan fingerprint density at radius 3 is 2.06 bits per heavy atom. The molecule has 11 heteroatoms. The van der Waals surface area contributed by atoms with E-state index in [0.29, 0.717) is 10.6 Å². The Balaban J connectivity index is 1.35. The summed E-state index contributed by atoms with van der Waals surface area (Å²) in [5.74, 6) is -1.11.